The van der Waals surface area contributed by atoms with Crippen LogP contribution in [0.25, 0.3) is 15.5 Å². The number of anilines is 1. The van der Waals surface area contributed by atoms with Crippen LogP contribution >= 0.6 is 11.3 Å². The summed E-state index contributed by atoms with van der Waals surface area (Å²) in [6.45, 7) is 1.90. The number of rotatable bonds is 2. The average Bonchev–Trinajstić information content (AvgIpc) is 2.96. The SMILES string of the molecule is CCc1nnc2sc(-c3cc(N)cc(C(F)(F)F)c3)nn12. The highest BCUT2D eigenvalue weighted by Gasteiger charge is 2.31. The van der Waals surface area contributed by atoms with Gasteiger partial charge < -0.3 is 5.73 Å². The van der Waals surface area contributed by atoms with Crippen molar-refractivity contribution >= 4 is 22.0 Å². The molecule has 21 heavy (non-hydrogen) atoms. The molecule has 9 heteroatoms. The van der Waals surface area contributed by atoms with E-state index in [0.717, 1.165) is 12.1 Å². The lowest BCUT2D eigenvalue weighted by Crippen LogP contribution is -2.06. The molecule has 0 spiro atoms. The topological polar surface area (TPSA) is 69.1 Å². The largest absolute Gasteiger partial charge is 0.416 e. The zero-order valence-electron chi connectivity index (χ0n) is 10.8. The van der Waals surface area contributed by atoms with E-state index in [2.05, 4.69) is 15.3 Å². The molecular weight excluding hydrogens is 303 g/mol. The lowest BCUT2D eigenvalue weighted by Gasteiger charge is -2.09. The number of nitrogens with two attached hydrogens (primary N) is 1. The number of nitrogen functional groups attached to an aromatic ring is 1. The van der Waals surface area contributed by atoms with E-state index >= 15 is 0 Å². The molecule has 0 unspecified atom stereocenters. The van der Waals surface area contributed by atoms with E-state index in [0.29, 0.717) is 27.8 Å². The number of fused-ring (bicyclic) bond motifs is 1. The molecule has 2 heterocycles. The molecule has 0 aliphatic carbocycles. The summed E-state index contributed by atoms with van der Waals surface area (Å²) in [5.74, 6) is 0.660. The summed E-state index contributed by atoms with van der Waals surface area (Å²) in [5, 5.41) is 12.6. The van der Waals surface area contributed by atoms with Crippen LogP contribution in [-0.4, -0.2) is 19.8 Å². The Bertz CT molecular complexity index is 805. The van der Waals surface area contributed by atoms with Crippen molar-refractivity contribution in [2.75, 3.05) is 5.73 Å². The summed E-state index contributed by atoms with van der Waals surface area (Å²) in [4.78, 5) is 0.540. The zero-order valence-corrected chi connectivity index (χ0v) is 11.7. The number of aryl methyl sites for hydroxylation is 1. The van der Waals surface area contributed by atoms with E-state index in [1.165, 1.54) is 21.9 Å². The van der Waals surface area contributed by atoms with Crippen LogP contribution in [0.15, 0.2) is 18.2 Å². The van der Waals surface area contributed by atoms with Gasteiger partial charge in [-0.3, -0.25) is 0 Å². The summed E-state index contributed by atoms with van der Waals surface area (Å²) in [5.41, 5.74) is 5.13. The maximum atomic E-state index is 12.8. The van der Waals surface area contributed by atoms with Gasteiger partial charge in [0, 0.05) is 17.7 Å². The summed E-state index contributed by atoms with van der Waals surface area (Å²) in [7, 11) is 0. The van der Waals surface area contributed by atoms with Crippen molar-refractivity contribution in [1.82, 2.24) is 19.8 Å². The van der Waals surface area contributed by atoms with Gasteiger partial charge in [0.05, 0.1) is 5.56 Å². The number of aromatic nitrogens is 4. The summed E-state index contributed by atoms with van der Waals surface area (Å²) < 4.78 is 40.0. The number of hydrogen-bond acceptors (Lipinski definition) is 5. The minimum atomic E-state index is -4.45. The smallest absolute Gasteiger partial charge is 0.399 e. The van der Waals surface area contributed by atoms with Crippen molar-refractivity contribution in [3.05, 3.63) is 29.6 Å². The molecule has 0 bridgehead atoms. The maximum Gasteiger partial charge on any atom is 0.416 e. The first-order valence-corrected chi connectivity index (χ1v) is 6.89. The summed E-state index contributed by atoms with van der Waals surface area (Å²) in [6, 6.07) is 3.40. The molecule has 1 aromatic carbocycles. The molecule has 0 aliphatic rings. The Morgan fingerprint density at radius 1 is 1.24 bits per heavy atom. The van der Waals surface area contributed by atoms with Gasteiger partial charge in [0.1, 0.15) is 5.01 Å². The predicted octanol–water partition coefficient (Wildman–Crippen LogP) is 3.02. The minimum Gasteiger partial charge on any atom is -0.399 e. The van der Waals surface area contributed by atoms with Crippen molar-refractivity contribution < 1.29 is 13.2 Å². The first-order chi connectivity index (χ1) is 9.88. The van der Waals surface area contributed by atoms with Crippen LogP contribution in [0.5, 0.6) is 0 Å². The van der Waals surface area contributed by atoms with Crippen LogP contribution in [0.2, 0.25) is 0 Å². The molecule has 3 aromatic rings. The first-order valence-electron chi connectivity index (χ1n) is 6.07. The Morgan fingerprint density at radius 2 is 2.00 bits per heavy atom. The van der Waals surface area contributed by atoms with Crippen molar-refractivity contribution in [3.8, 4) is 10.6 Å². The van der Waals surface area contributed by atoms with Gasteiger partial charge in [-0.2, -0.15) is 22.8 Å². The van der Waals surface area contributed by atoms with Crippen LogP contribution in [0.1, 0.15) is 18.3 Å². The number of nitrogens with zero attached hydrogens (tertiary/aromatic N) is 4. The summed E-state index contributed by atoms with van der Waals surface area (Å²) in [6.07, 6.45) is -3.81. The van der Waals surface area contributed by atoms with Gasteiger partial charge in [0.2, 0.25) is 4.96 Å². The highest BCUT2D eigenvalue weighted by molar-refractivity contribution is 7.19. The lowest BCUT2D eigenvalue weighted by molar-refractivity contribution is -0.137. The minimum absolute atomic E-state index is 0.0431. The molecule has 0 saturated carbocycles. The number of halogens is 3. The molecule has 2 N–H and O–H groups in total. The van der Waals surface area contributed by atoms with E-state index < -0.39 is 11.7 Å². The second-order valence-electron chi connectivity index (χ2n) is 4.41. The Hall–Kier alpha value is -2.16. The standard InChI is InChI=1S/C12H10F3N5S/c1-2-9-17-18-11-20(9)19-10(21-11)6-3-7(12(13,14)15)5-8(16)4-6/h3-5H,2,16H2,1H3. The monoisotopic (exact) mass is 313 g/mol. The number of hydrogen-bond donors (Lipinski definition) is 1. The molecule has 5 nitrogen and oxygen atoms in total. The Labute approximate surface area is 121 Å². The van der Waals surface area contributed by atoms with Crippen LogP contribution in [0, 0.1) is 0 Å². The first kappa shape index (κ1) is 13.8. The van der Waals surface area contributed by atoms with Crippen LogP contribution in [-0.2, 0) is 12.6 Å². The quantitative estimate of drug-likeness (QED) is 0.738. The molecule has 0 atom stereocenters. The highest BCUT2D eigenvalue weighted by atomic mass is 32.1. The van der Waals surface area contributed by atoms with Crippen LogP contribution < -0.4 is 5.73 Å². The normalized spacial score (nSPS) is 12.2. The third-order valence-corrected chi connectivity index (χ3v) is 3.85. The fourth-order valence-corrected chi connectivity index (χ4v) is 2.78. The van der Waals surface area contributed by atoms with Gasteiger partial charge in [-0.05, 0) is 18.2 Å². The molecule has 2 aromatic heterocycles. The second kappa shape index (κ2) is 4.69. The van der Waals surface area contributed by atoms with Gasteiger partial charge in [-0.1, -0.05) is 18.3 Å². The average molecular weight is 313 g/mol. The van der Waals surface area contributed by atoms with Crippen molar-refractivity contribution in [1.29, 1.82) is 0 Å². The molecule has 0 radical (unpaired) electrons. The Kier molecular flexibility index (Phi) is 3.08. The van der Waals surface area contributed by atoms with Gasteiger partial charge in [-0.15, -0.1) is 10.2 Å². The fourth-order valence-electron chi connectivity index (χ4n) is 1.93. The number of alkyl halides is 3. The van der Waals surface area contributed by atoms with Crippen molar-refractivity contribution in [2.24, 2.45) is 0 Å². The molecule has 0 fully saturated rings. The Balaban J connectivity index is 2.13. The van der Waals surface area contributed by atoms with Crippen LogP contribution in [0.3, 0.4) is 0 Å². The second-order valence-corrected chi connectivity index (χ2v) is 5.37. The number of benzene rings is 1. The molecule has 0 saturated heterocycles. The third-order valence-electron chi connectivity index (χ3n) is 2.90. The van der Waals surface area contributed by atoms with E-state index in [1.54, 1.807) is 0 Å². The molecule has 0 amide bonds. The highest BCUT2D eigenvalue weighted by Crippen LogP contribution is 2.35. The maximum absolute atomic E-state index is 12.8. The van der Waals surface area contributed by atoms with Gasteiger partial charge in [0.25, 0.3) is 0 Å². The van der Waals surface area contributed by atoms with Gasteiger partial charge in [-0.25, -0.2) is 0 Å². The van der Waals surface area contributed by atoms with E-state index in [9.17, 15) is 13.2 Å². The lowest BCUT2D eigenvalue weighted by atomic mass is 10.1. The predicted molar refractivity (Wildman–Crippen MR) is 72.9 cm³/mol. The Morgan fingerprint density at radius 3 is 2.67 bits per heavy atom. The van der Waals surface area contributed by atoms with E-state index in [1.807, 2.05) is 6.92 Å². The van der Waals surface area contributed by atoms with Crippen LogP contribution in [0.4, 0.5) is 18.9 Å². The van der Waals surface area contributed by atoms with Gasteiger partial charge in [0.15, 0.2) is 5.82 Å². The molecule has 3 rings (SSSR count). The summed E-state index contributed by atoms with van der Waals surface area (Å²) >= 11 is 1.17. The van der Waals surface area contributed by atoms with E-state index in [4.69, 9.17) is 5.73 Å². The molecule has 110 valence electrons. The molecular formula is C12H10F3N5S. The van der Waals surface area contributed by atoms with Crippen molar-refractivity contribution in [3.63, 3.8) is 0 Å². The van der Waals surface area contributed by atoms with Gasteiger partial charge >= 0.3 is 6.18 Å². The third kappa shape index (κ3) is 2.44. The molecule has 0 aliphatic heterocycles. The fraction of sp³-hybridized carbons (Fsp3) is 0.250. The zero-order chi connectivity index (χ0) is 15.2. The van der Waals surface area contributed by atoms with E-state index in [-0.39, 0.29) is 5.69 Å². The van der Waals surface area contributed by atoms with Crippen molar-refractivity contribution in [2.45, 2.75) is 19.5 Å².